The summed E-state index contributed by atoms with van der Waals surface area (Å²) in [7, 11) is 0. The fourth-order valence-electron chi connectivity index (χ4n) is 6.14. The second kappa shape index (κ2) is 20.0. The molecule has 0 aliphatic carbocycles. The second-order valence-electron chi connectivity index (χ2n) is 12.4. The van der Waals surface area contributed by atoms with Gasteiger partial charge in [0.1, 0.15) is 24.8 Å². The van der Waals surface area contributed by atoms with Crippen molar-refractivity contribution in [2.75, 3.05) is 31.1 Å². The fraction of sp³-hybridized carbons (Fsp3) is 0.357. The maximum absolute atomic E-state index is 13.5. The molecule has 10 nitrogen and oxygen atoms in total. The van der Waals surface area contributed by atoms with E-state index < -0.39 is 24.0 Å². The molecule has 3 aromatic rings. The third-order valence-electron chi connectivity index (χ3n) is 8.83. The van der Waals surface area contributed by atoms with Gasteiger partial charge in [-0.15, -0.1) is 5.11 Å². The van der Waals surface area contributed by atoms with Crippen molar-refractivity contribution in [2.45, 2.75) is 72.1 Å². The molecule has 0 spiro atoms. The number of nitriles is 3. The lowest BCUT2D eigenvalue weighted by Crippen LogP contribution is -2.33. The van der Waals surface area contributed by atoms with Crippen LogP contribution in [0.25, 0.3) is 16.8 Å². The van der Waals surface area contributed by atoms with Gasteiger partial charge in [0, 0.05) is 24.2 Å². The molecule has 0 saturated carbocycles. The number of rotatable bonds is 18. The van der Waals surface area contributed by atoms with Crippen molar-refractivity contribution >= 4 is 45.8 Å². The van der Waals surface area contributed by atoms with Crippen molar-refractivity contribution in [3.63, 3.8) is 0 Å². The number of esters is 1. The predicted octanol–water partition coefficient (Wildman–Crippen LogP) is 9.76. The monoisotopic (exact) mass is 695 g/mol. The van der Waals surface area contributed by atoms with Crippen LogP contribution < -0.4 is 4.90 Å². The van der Waals surface area contributed by atoms with Crippen molar-refractivity contribution in [1.29, 1.82) is 15.8 Å². The maximum Gasteiger partial charge on any atom is 0.326 e. The van der Waals surface area contributed by atoms with Crippen molar-refractivity contribution in [2.24, 2.45) is 10.2 Å². The third kappa shape index (κ3) is 9.80. The molecule has 0 radical (unpaired) electrons. The molecule has 0 saturated heterocycles. The molecule has 52 heavy (non-hydrogen) atoms. The molecular formula is C42H45N7O3. The Kier molecular flexibility index (Phi) is 14.9. The molecule has 266 valence electrons. The van der Waals surface area contributed by atoms with Crippen LogP contribution in [0.15, 0.2) is 99.4 Å². The van der Waals surface area contributed by atoms with Crippen LogP contribution in [-0.2, 0) is 14.3 Å². The Morgan fingerprint density at radius 2 is 1.46 bits per heavy atom. The number of benzene rings is 3. The number of unbranched alkanes of at least 4 members (excludes halogenated alkanes) is 6. The van der Waals surface area contributed by atoms with Crippen LogP contribution in [-0.4, -0.2) is 43.0 Å². The van der Waals surface area contributed by atoms with E-state index in [4.69, 9.17) is 4.74 Å². The molecular weight excluding hydrogens is 651 g/mol. The lowest BCUT2D eigenvalue weighted by molar-refractivity contribution is -0.146. The van der Waals surface area contributed by atoms with E-state index in [2.05, 4.69) is 41.1 Å². The van der Waals surface area contributed by atoms with Crippen LogP contribution in [0.3, 0.4) is 0 Å². The first-order chi connectivity index (χ1) is 25.4. The highest BCUT2D eigenvalue weighted by atomic mass is 16.5. The number of anilines is 1. The number of carbonyl (C=O) groups excluding carboxylic acids is 2. The number of amides is 1. The number of nitrogens with zero attached hydrogens (tertiary/aromatic N) is 7. The standard InChI is InChI=1S/C42H45N7O3/c1-4-7-9-13-25-48(26-14-10-8-5-2)34-21-19-33(20-22-34)46-47-39-24-18-31(35-15-11-12-16-36(35)39)17-23-37-38(29-45)41(32(27-43)28-44)49(42(37)51)30-40(50)52-6-3/h11-12,15-24H,4-10,13-14,25-26,30H2,1-3H3/b23-17+,47-46+. The van der Waals surface area contributed by atoms with Gasteiger partial charge < -0.3 is 9.64 Å². The van der Waals surface area contributed by atoms with E-state index in [9.17, 15) is 25.4 Å². The molecule has 0 unspecified atom stereocenters. The summed E-state index contributed by atoms with van der Waals surface area (Å²) in [6.07, 6.45) is 13.0. The fourth-order valence-corrected chi connectivity index (χ4v) is 6.14. The second-order valence-corrected chi connectivity index (χ2v) is 12.4. The molecule has 1 aliphatic rings. The zero-order chi connectivity index (χ0) is 37.3. The van der Waals surface area contributed by atoms with Gasteiger partial charge in [-0.05, 0) is 67.1 Å². The van der Waals surface area contributed by atoms with Crippen molar-refractivity contribution in [3.8, 4) is 18.2 Å². The van der Waals surface area contributed by atoms with Crippen molar-refractivity contribution < 1.29 is 14.3 Å². The average Bonchev–Trinajstić information content (AvgIpc) is 3.42. The minimum Gasteiger partial charge on any atom is -0.465 e. The Morgan fingerprint density at radius 3 is 2.06 bits per heavy atom. The molecule has 1 heterocycles. The van der Waals surface area contributed by atoms with Crippen LogP contribution in [0.4, 0.5) is 17.1 Å². The quantitative estimate of drug-likeness (QED) is 0.0557. The number of hydrogen-bond donors (Lipinski definition) is 0. The summed E-state index contributed by atoms with van der Waals surface area (Å²) in [4.78, 5) is 29.2. The Labute approximate surface area is 306 Å². The predicted molar refractivity (Wildman–Crippen MR) is 203 cm³/mol. The normalized spacial score (nSPS) is 12.8. The summed E-state index contributed by atoms with van der Waals surface area (Å²) in [6.45, 7) is 7.73. The summed E-state index contributed by atoms with van der Waals surface area (Å²) in [5.41, 5.74) is 2.49. The summed E-state index contributed by atoms with van der Waals surface area (Å²) >= 11 is 0. The smallest absolute Gasteiger partial charge is 0.326 e. The molecule has 0 fully saturated rings. The van der Waals surface area contributed by atoms with E-state index in [1.54, 1.807) is 25.1 Å². The summed E-state index contributed by atoms with van der Waals surface area (Å²) in [5, 5.41) is 40.0. The zero-order valence-electron chi connectivity index (χ0n) is 30.3. The molecule has 10 heteroatoms. The van der Waals surface area contributed by atoms with Crippen molar-refractivity contribution in [3.05, 3.63) is 94.7 Å². The SMILES string of the molecule is CCCCCCN(CCCCCC)c1ccc(/N=N/c2ccc(/C=C/C3=C(C#N)C(=C(C#N)C#N)N(CC(=O)OCC)C3=O)c3ccccc23)cc1. The lowest BCUT2D eigenvalue weighted by atomic mass is 10.0. The first-order valence-electron chi connectivity index (χ1n) is 18.0. The molecule has 4 rings (SSSR count). The van der Waals surface area contributed by atoms with E-state index >= 15 is 0 Å². The lowest BCUT2D eigenvalue weighted by Gasteiger charge is -2.25. The number of carbonyl (C=O) groups is 2. The largest absolute Gasteiger partial charge is 0.465 e. The van der Waals surface area contributed by atoms with Gasteiger partial charge in [-0.25, -0.2) is 0 Å². The van der Waals surface area contributed by atoms with Gasteiger partial charge in [0.2, 0.25) is 0 Å². The Bertz CT molecular complexity index is 1960. The molecule has 0 N–H and O–H groups in total. The first kappa shape index (κ1) is 38.7. The average molecular weight is 696 g/mol. The summed E-state index contributed by atoms with van der Waals surface area (Å²) in [6, 6.07) is 25.0. The first-order valence-corrected chi connectivity index (χ1v) is 18.0. The van der Waals surface area contributed by atoms with Gasteiger partial charge in [0.05, 0.1) is 34.8 Å². The van der Waals surface area contributed by atoms with E-state index in [1.165, 1.54) is 63.1 Å². The van der Waals surface area contributed by atoms with Crippen LogP contribution in [0.2, 0.25) is 0 Å². The van der Waals surface area contributed by atoms with Crippen LogP contribution >= 0.6 is 0 Å². The van der Waals surface area contributed by atoms with Gasteiger partial charge >= 0.3 is 5.97 Å². The summed E-state index contributed by atoms with van der Waals surface area (Å²) < 4.78 is 4.98. The number of allylic oxidation sites excluding steroid dienone is 2. The molecule has 1 amide bonds. The number of hydrogen-bond acceptors (Lipinski definition) is 9. The van der Waals surface area contributed by atoms with Gasteiger partial charge in [0.25, 0.3) is 5.91 Å². The van der Waals surface area contributed by atoms with E-state index in [1.807, 2.05) is 54.6 Å². The number of ether oxygens (including phenoxy) is 1. The number of azo groups is 1. The van der Waals surface area contributed by atoms with E-state index in [0.717, 1.165) is 40.0 Å². The van der Waals surface area contributed by atoms with Crippen molar-refractivity contribution in [1.82, 2.24) is 4.90 Å². The minimum absolute atomic E-state index is 0.0402. The third-order valence-corrected chi connectivity index (χ3v) is 8.83. The van der Waals surface area contributed by atoms with E-state index in [0.29, 0.717) is 5.69 Å². The van der Waals surface area contributed by atoms with Crippen LogP contribution in [0.1, 0.15) is 77.7 Å². The highest BCUT2D eigenvalue weighted by Crippen LogP contribution is 2.35. The van der Waals surface area contributed by atoms with Crippen LogP contribution in [0.5, 0.6) is 0 Å². The van der Waals surface area contributed by atoms with Crippen LogP contribution in [0, 0.1) is 34.0 Å². The number of fused-ring (bicyclic) bond motifs is 1. The maximum atomic E-state index is 13.5. The molecule has 0 bridgehead atoms. The Hall–Kier alpha value is -6.05. The topological polar surface area (TPSA) is 146 Å². The molecule has 0 atom stereocenters. The van der Waals surface area contributed by atoms with Gasteiger partial charge in [-0.3, -0.25) is 14.5 Å². The Balaban J connectivity index is 1.59. The highest BCUT2D eigenvalue weighted by Gasteiger charge is 2.38. The molecule has 0 aromatic heterocycles. The van der Waals surface area contributed by atoms with Gasteiger partial charge in [0.15, 0.2) is 5.57 Å². The summed E-state index contributed by atoms with van der Waals surface area (Å²) in [5.74, 6) is -1.41. The molecule has 1 aliphatic heterocycles. The van der Waals surface area contributed by atoms with Gasteiger partial charge in [-0.2, -0.15) is 20.9 Å². The Morgan fingerprint density at radius 1 is 0.808 bits per heavy atom. The highest BCUT2D eigenvalue weighted by molar-refractivity contribution is 6.07. The minimum atomic E-state index is -0.727. The molecule has 3 aromatic carbocycles. The van der Waals surface area contributed by atoms with E-state index in [-0.39, 0.29) is 23.5 Å². The zero-order valence-corrected chi connectivity index (χ0v) is 30.3. The van der Waals surface area contributed by atoms with Gasteiger partial charge in [-0.1, -0.05) is 88.8 Å².